The van der Waals surface area contributed by atoms with Crippen LogP contribution in [0, 0.1) is 6.92 Å². The van der Waals surface area contributed by atoms with Crippen LogP contribution < -0.4 is 15.8 Å². The second-order valence-electron chi connectivity index (χ2n) is 4.87. The van der Waals surface area contributed by atoms with Gasteiger partial charge in [-0.2, -0.15) is 0 Å². The van der Waals surface area contributed by atoms with E-state index in [9.17, 15) is 4.79 Å². The van der Waals surface area contributed by atoms with Crippen molar-refractivity contribution < 1.29 is 9.53 Å². The van der Waals surface area contributed by atoms with Crippen LogP contribution >= 0.6 is 0 Å². The highest BCUT2D eigenvalue weighted by Gasteiger charge is 2.08. The number of amides is 1. The van der Waals surface area contributed by atoms with Gasteiger partial charge in [-0.05, 0) is 42.7 Å². The Balaban J connectivity index is 1.97. The molecule has 0 aromatic heterocycles. The number of carbonyl (C=O) groups is 1. The fraction of sp³-hybridized carbons (Fsp3) is 0.235. The van der Waals surface area contributed by atoms with Crippen LogP contribution in [0.15, 0.2) is 42.5 Å². The van der Waals surface area contributed by atoms with Gasteiger partial charge in [-0.3, -0.25) is 4.79 Å². The highest BCUT2D eigenvalue weighted by Crippen LogP contribution is 2.20. The summed E-state index contributed by atoms with van der Waals surface area (Å²) in [4.78, 5) is 12.0. The Bertz CT molecular complexity index is 638. The summed E-state index contributed by atoms with van der Waals surface area (Å²) in [6.07, 6.45) is 0.867. The molecular weight excluding hydrogens is 264 g/mol. The number of rotatable bonds is 5. The lowest BCUT2D eigenvalue weighted by Crippen LogP contribution is -2.21. The van der Waals surface area contributed by atoms with Gasteiger partial charge in [0.25, 0.3) is 5.91 Å². The van der Waals surface area contributed by atoms with Crippen molar-refractivity contribution in [2.75, 3.05) is 17.7 Å². The normalized spacial score (nSPS) is 10.2. The maximum Gasteiger partial charge on any atom is 0.262 e. The smallest absolute Gasteiger partial charge is 0.262 e. The molecule has 0 unspecified atom stereocenters. The van der Waals surface area contributed by atoms with Crippen LogP contribution in [-0.2, 0) is 11.2 Å². The molecule has 2 rings (SSSR count). The molecule has 4 heteroatoms. The largest absolute Gasteiger partial charge is 0.483 e. The molecule has 0 atom stereocenters. The molecule has 4 nitrogen and oxygen atoms in total. The molecule has 0 aliphatic carbocycles. The maximum atomic E-state index is 12.0. The SMILES string of the molecule is CCc1ccccc1OCC(=O)Nc1cc(N)ccc1C. The highest BCUT2D eigenvalue weighted by molar-refractivity contribution is 5.93. The van der Waals surface area contributed by atoms with E-state index in [0.717, 1.165) is 23.3 Å². The van der Waals surface area contributed by atoms with Crippen molar-refractivity contribution in [1.82, 2.24) is 0 Å². The third-order valence-corrected chi connectivity index (χ3v) is 3.25. The third-order valence-electron chi connectivity index (χ3n) is 3.25. The molecule has 0 radical (unpaired) electrons. The van der Waals surface area contributed by atoms with Gasteiger partial charge in [-0.15, -0.1) is 0 Å². The first-order chi connectivity index (χ1) is 10.1. The van der Waals surface area contributed by atoms with Crippen LogP contribution in [0.1, 0.15) is 18.1 Å². The molecule has 1 amide bonds. The van der Waals surface area contributed by atoms with E-state index in [1.54, 1.807) is 12.1 Å². The second kappa shape index (κ2) is 6.79. The first-order valence-corrected chi connectivity index (χ1v) is 6.97. The number of ether oxygens (including phenoxy) is 1. The third kappa shape index (κ3) is 3.99. The number of aryl methyl sites for hydroxylation is 2. The summed E-state index contributed by atoms with van der Waals surface area (Å²) < 4.78 is 5.59. The molecule has 0 bridgehead atoms. The van der Waals surface area contributed by atoms with Crippen LogP contribution in [-0.4, -0.2) is 12.5 Å². The minimum Gasteiger partial charge on any atom is -0.483 e. The van der Waals surface area contributed by atoms with Crippen molar-refractivity contribution >= 4 is 17.3 Å². The number of hydrogen-bond acceptors (Lipinski definition) is 3. The van der Waals surface area contributed by atoms with Gasteiger partial charge in [0.15, 0.2) is 6.61 Å². The van der Waals surface area contributed by atoms with E-state index in [0.29, 0.717) is 11.4 Å². The molecule has 0 spiro atoms. The monoisotopic (exact) mass is 284 g/mol. The van der Waals surface area contributed by atoms with Gasteiger partial charge in [0.1, 0.15) is 5.75 Å². The zero-order valence-electron chi connectivity index (χ0n) is 12.3. The summed E-state index contributed by atoms with van der Waals surface area (Å²) in [6.45, 7) is 3.95. The van der Waals surface area contributed by atoms with Crippen molar-refractivity contribution in [2.24, 2.45) is 0 Å². The lowest BCUT2D eigenvalue weighted by molar-refractivity contribution is -0.118. The summed E-state index contributed by atoms with van der Waals surface area (Å²) in [7, 11) is 0. The highest BCUT2D eigenvalue weighted by atomic mass is 16.5. The van der Waals surface area contributed by atoms with E-state index in [4.69, 9.17) is 10.5 Å². The van der Waals surface area contributed by atoms with E-state index < -0.39 is 0 Å². The molecule has 0 saturated carbocycles. The number of nitrogens with one attached hydrogen (secondary N) is 1. The number of benzene rings is 2. The lowest BCUT2D eigenvalue weighted by atomic mass is 10.1. The van der Waals surface area contributed by atoms with Gasteiger partial charge in [-0.25, -0.2) is 0 Å². The molecule has 2 aromatic rings. The predicted octanol–water partition coefficient (Wildman–Crippen LogP) is 3.16. The Kier molecular flexibility index (Phi) is 4.82. The van der Waals surface area contributed by atoms with E-state index in [1.165, 1.54) is 0 Å². The zero-order valence-corrected chi connectivity index (χ0v) is 12.3. The van der Waals surface area contributed by atoms with E-state index in [-0.39, 0.29) is 12.5 Å². The van der Waals surface area contributed by atoms with Gasteiger partial charge in [-0.1, -0.05) is 31.2 Å². The topological polar surface area (TPSA) is 64.3 Å². The van der Waals surface area contributed by atoms with Gasteiger partial charge in [0.2, 0.25) is 0 Å². The van der Waals surface area contributed by atoms with E-state index >= 15 is 0 Å². The molecule has 2 aromatic carbocycles. The number of carbonyl (C=O) groups excluding carboxylic acids is 1. The molecule has 0 aliphatic heterocycles. The number of anilines is 2. The van der Waals surface area contributed by atoms with Crippen molar-refractivity contribution in [1.29, 1.82) is 0 Å². The fourth-order valence-corrected chi connectivity index (χ4v) is 2.04. The molecule has 0 heterocycles. The molecular formula is C17H20N2O2. The molecule has 21 heavy (non-hydrogen) atoms. The van der Waals surface area contributed by atoms with Crippen LogP contribution in [0.3, 0.4) is 0 Å². The standard InChI is InChI=1S/C17H20N2O2/c1-3-13-6-4-5-7-16(13)21-11-17(20)19-15-10-14(18)9-8-12(15)2/h4-10H,3,11,18H2,1-2H3,(H,19,20). The summed E-state index contributed by atoms with van der Waals surface area (Å²) in [5.74, 6) is 0.550. The maximum absolute atomic E-state index is 12.0. The summed E-state index contributed by atoms with van der Waals surface area (Å²) in [5.41, 5.74) is 9.11. The molecule has 0 fully saturated rings. The van der Waals surface area contributed by atoms with Crippen molar-refractivity contribution in [3.8, 4) is 5.75 Å². The Morgan fingerprint density at radius 3 is 2.76 bits per heavy atom. The molecule has 3 N–H and O–H groups in total. The lowest BCUT2D eigenvalue weighted by Gasteiger charge is -2.12. The van der Waals surface area contributed by atoms with Gasteiger partial charge < -0.3 is 15.8 Å². The predicted molar refractivity (Wildman–Crippen MR) is 85.5 cm³/mol. The van der Waals surface area contributed by atoms with Crippen LogP contribution in [0.25, 0.3) is 0 Å². The van der Waals surface area contributed by atoms with Gasteiger partial charge >= 0.3 is 0 Å². The van der Waals surface area contributed by atoms with Crippen LogP contribution in [0.5, 0.6) is 5.75 Å². The summed E-state index contributed by atoms with van der Waals surface area (Å²) in [6, 6.07) is 13.1. The molecule has 0 aliphatic rings. The number of para-hydroxylation sites is 1. The zero-order chi connectivity index (χ0) is 15.2. The van der Waals surface area contributed by atoms with Crippen molar-refractivity contribution in [3.05, 3.63) is 53.6 Å². The Labute approximate surface area is 124 Å². The molecule has 110 valence electrons. The molecule has 0 saturated heterocycles. The van der Waals surface area contributed by atoms with Gasteiger partial charge in [0, 0.05) is 11.4 Å². The van der Waals surface area contributed by atoms with E-state index in [1.807, 2.05) is 37.3 Å². The minimum atomic E-state index is -0.199. The second-order valence-corrected chi connectivity index (χ2v) is 4.87. The quantitative estimate of drug-likeness (QED) is 0.829. The first-order valence-electron chi connectivity index (χ1n) is 6.97. The van der Waals surface area contributed by atoms with Crippen LogP contribution in [0.4, 0.5) is 11.4 Å². The van der Waals surface area contributed by atoms with Crippen molar-refractivity contribution in [2.45, 2.75) is 20.3 Å². The number of hydrogen-bond donors (Lipinski definition) is 2. The van der Waals surface area contributed by atoms with Crippen LogP contribution in [0.2, 0.25) is 0 Å². The number of nitrogen functional groups attached to an aromatic ring is 1. The number of nitrogens with two attached hydrogens (primary N) is 1. The average Bonchev–Trinajstić information content (AvgIpc) is 2.49. The van der Waals surface area contributed by atoms with Gasteiger partial charge in [0.05, 0.1) is 0 Å². The first kappa shape index (κ1) is 14.9. The van der Waals surface area contributed by atoms with Crippen molar-refractivity contribution in [3.63, 3.8) is 0 Å². The minimum absolute atomic E-state index is 0.0226. The van der Waals surface area contributed by atoms with E-state index in [2.05, 4.69) is 12.2 Å². The Hall–Kier alpha value is -2.49. The Morgan fingerprint density at radius 2 is 2.00 bits per heavy atom. The average molecular weight is 284 g/mol. The summed E-state index contributed by atoms with van der Waals surface area (Å²) >= 11 is 0. The summed E-state index contributed by atoms with van der Waals surface area (Å²) in [5, 5.41) is 2.81. The Morgan fingerprint density at radius 1 is 1.24 bits per heavy atom. The fourth-order valence-electron chi connectivity index (χ4n) is 2.04.